The monoisotopic (exact) mass is 256 g/mol. The zero-order valence-electron chi connectivity index (χ0n) is 9.12. The van der Waals surface area contributed by atoms with Crippen molar-refractivity contribution in [2.45, 2.75) is 18.9 Å². The van der Waals surface area contributed by atoms with Crippen molar-refractivity contribution in [3.8, 4) is 0 Å². The summed E-state index contributed by atoms with van der Waals surface area (Å²) in [6, 6.07) is 6.81. The van der Waals surface area contributed by atoms with Crippen molar-refractivity contribution in [3.63, 3.8) is 0 Å². The van der Waals surface area contributed by atoms with Crippen LogP contribution in [0.2, 0.25) is 5.02 Å². The molecule has 1 aromatic heterocycles. The Morgan fingerprint density at radius 3 is 2.71 bits per heavy atom. The Morgan fingerprint density at radius 2 is 2.06 bits per heavy atom. The molecule has 0 radical (unpaired) electrons. The maximum Gasteiger partial charge on any atom is 0.260 e. The predicted octanol–water partition coefficient (Wildman–Crippen LogP) is 3.33. The number of aromatic nitrogens is 1. The van der Waals surface area contributed by atoms with Crippen molar-refractivity contribution >= 4 is 22.5 Å². The quantitative estimate of drug-likeness (QED) is 0.895. The Balaban J connectivity index is 2.80. The number of nitrogens with zero attached hydrogens (tertiary/aromatic N) is 1. The average molecular weight is 257 g/mol. The maximum atomic E-state index is 13.0. The van der Waals surface area contributed by atoms with E-state index in [9.17, 15) is 8.78 Å². The minimum atomic E-state index is -2.72. The Kier molecular flexibility index (Phi) is 3.02. The second-order valence-electron chi connectivity index (χ2n) is 4.08. The van der Waals surface area contributed by atoms with E-state index in [4.69, 9.17) is 17.3 Å². The highest BCUT2D eigenvalue weighted by atomic mass is 35.5. The molecule has 0 aliphatic rings. The summed E-state index contributed by atoms with van der Waals surface area (Å²) in [5, 5.41) is 0.950. The molecule has 1 unspecified atom stereocenters. The summed E-state index contributed by atoms with van der Waals surface area (Å²) in [5.74, 6) is 0. The highest BCUT2D eigenvalue weighted by molar-refractivity contribution is 6.32. The molecule has 2 aromatic rings. The van der Waals surface area contributed by atoms with Gasteiger partial charge in [-0.05, 0) is 19.1 Å². The van der Waals surface area contributed by atoms with E-state index < -0.39 is 12.0 Å². The molecule has 17 heavy (non-hydrogen) atoms. The number of rotatable bonds is 2. The van der Waals surface area contributed by atoms with Gasteiger partial charge in [-0.3, -0.25) is 4.98 Å². The third kappa shape index (κ3) is 1.98. The molecule has 2 nitrogen and oxygen atoms in total. The number of benzene rings is 1. The number of hydrogen-bond acceptors (Lipinski definition) is 2. The zero-order chi connectivity index (χ0) is 12.6. The van der Waals surface area contributed by atoms with Gasteiger partial charge >= 0.3 is 0 Å². The lowest BCUT2D eigenvalue weighted by molar-refractivity contribution is 0.0632. The highest BCUT2D eigenvalue weighted by Gasteiger charge is 2.36. The molecule has 2 rings (SSSR count). The van der Waals surface area contributed by atoms with Gasteiger partial charge in [0.2, 0.25) is 0 Å². The smallest absolute Gasteiger partial charge is 0.260 e. The van der Waals surface area contributed by atoms with Crippen LogP contribution < -0.4 is 5.73 Å². The predicted molar refractivity (Wildman–Crippen MR) is 64.3 cm³/mol. The summed E-state index contributed by atoms with van der Waals surface area (Å²) in [7, 11) is 0. The molecule has 1 aromatic carbocycles. The van der Waals surface area contributed by atoms with Gasteiger partial charge < -0.3 is 5.73 Å². The number of alkyl halides is 2. The molecule has 0 spiro atoms. The van der Waals surface area contributed by atoms with Gasteiger partial charge in [0.25, 0.3) is 6.43 Å². The van der Waals surface area contributed by atoms with Crippen molar-refractivity contribution in [1.82, 2.24) is 4.98 Å². The lowest BCUT2D eigenvalue weighted by Crippen LogP contribution is -2.41. The lowest BCUT2D eigenvalue weighted by atomic mass is 9.91. The van der Waals surface area contributed by atoms with Gasteiger partial charge in [-0.15, -0.1) is 0 Å². The molecule has 90 valence electrons. The molecule has 1 heterocycles. The molecule has 0 saturated carbocycles. The minimum Gasteiger partial charge on any atom is -0.317 e. The van der Waals surface area contributed by atoms with E-state index in [2.05, 4.69) is 4.98 Å². The summed E-state index contributed by atoms with van der Waals surface area (Å²) in [6.45, 7) is 1.26. The summed E-state index contributed by atoms with van der Waals surface area (Å²) in [4.78, 5) is 4.09. The van der Waals surface area contributed by atoms with Crippen molar-refractivity contribution in [2.24, 2.45) is 5.73 Å². The third-order valence-electron chi connectivity index (χ3n) is 2.72. The Labute approximate surface area is 102 Å². The second kappa shape index (κ2) is 4.20. The fraction of sp³-hybridized carbons (Fsp3) is 0.250. The summed E-state index contributed by atoms with van der Waals surface area (Å²) in [5.41, 5.74) is 4.47. The van der Waals surface area contributed by atoms with E-state index in [1.807, 2.05) is 0 Å². The molecule has 0 saturated heterocycles. The van der Waals surface area contributed by atoms with Gasteiger partial charge in [0.15, 0.2) is 0 Å². The first-order chi connectivity index (χ1) is 7.94. The van der Waals surface area contributed by atoms with Gasteiger partial charge in [-0.1, -0.05) is 23.7 Å². The number of fused-ring (bicyclic) bond motifs is 1. The molecule has 0 aliphatic heterocycles. The molecule has 2 N–H and O–H groups in total. The summed E-state index contributed by atoms with van der Waals surface area (Å²) < 4.78 is 26.0. The first kappa shape index (κ1) is 12.2. The van der Waals surface area contributed by atoms with Crippen LogP contribution in [-0.2, 0) is 5.54 Å². The van der Waals surface area contributed by atoms with E-state index in [-0.39, 0.29) is 10.6 Å². The van der Waals surface area contributed by atoms with Crippen molar-refractivity contribution < 1.29 is 8.78 Å². The van der Waals surface area contributed by atoms with E-state index >= 15 is 0 Å². The van der Waals surface area contributed by atoms with Crippen LogP contribution in [0.25, 0.3) is 10.9 Å². The number of pyridine rings is 1. The van der Waals surface area contributed by atoms with Crippen LogP contribution in [0.5, 0.6) is 0 Å². The Hall–Kier alpha value is -1.26. The van der Waals surface area contributed by atoms with Gasteiger partial charge in [0.1, 0.15) is 5.54 Å². The largest absolute Gasteiger partial charge is 0.317 e. The normalized spacial score (nSPS) is 15.2. The maximum absolute atomic E-state index is 13.0. The summed E-state index contributed by atoms with van der Waals surface area (Å²) in [6.07, 6.45) is -1.18. The van der Waals surface area contributed by atoms with Crippen molar-refractivity contribution in [1.29, 1.82) is 0 Å². The van der Waals surface area contributed by atoms with E-state index in [1.165, 1.54) is 13.1 Å². The molecule has 1 atom stereocenters. The first-order valence-corrected chi connectivity index (χ1v) is 5.43. The lowest BCUT2D eigenvalue weighted by Gasteiger charge is -2.26. The van der Waals surface area contributed by atoms with Crippen LogP contribution in [0.4, 0.5) is 8.78 Å². The molecule has 0 fully saturated rings. The number of halogens is 3. The molecule has 0 amide bonds. The third-order valence-corrected chi connectivity index (χ3v) is 3.03. The standard InChI is InChI=1S/C12H11ClF2N2/c1-12(16,11(14)15)9-8(13)5-4-7-3-2-6-17-10(7)9/h2-6,11H,16H2,1H3. The molecule has 0 bridgehead atoms. The molecule has 0 aliphatic carbocycles. The van der Waals surface area contributed by atoms with Crippen LogP contribution in [0.15, 0.2) is 30.5 Å². The van der Waals surface area contributed by atoms with Crippen LogP contribution >= 0.6 is 11.6 Å². The van der Waals surface area contributed by atoms with Gasteiger partial charge in [-0.2, -0.15) is 0 Å². The van der Waals surface area contributed by atoms with Gasteiger partial charge in [0, 0.05) is 22.2 Å². The Morgan fingerprint density at radius 1 is 1.35 bits per heavy atom. The van der Waals surface area contributed by atoms with Crippen LogP contribution in [-0.4, -0.2) is 11.4 Å². The average Bonchev–Trinajstić information content (AvgIpc) is 2.28. The van der Waals surface area contributed by atoms with Crippen molar-refractivity contribution in [3.05, 3.63) is 41.0 Å². The SMILES string of the molecule is CC(N)(c1c(Cl)ccc2cccnc12)C(F)F. The van der Waals surface area contributed by atoms with Gasteiger partial charge in [-0.25, -0.2) is 8.78 Å². The highest BCUT2D eigenvalue weighted by Crippen LogP contribution is 2.35. The summed E-state index contributed by atoms with van der Waals surface area (Å²) >= 11 is 5.98. The first-order valence-electron chi connectivity index (χ1n) is 5.05. The van der Waals surface area contributed by atoms with Crippen molar-refractivity contribution in [2.75, 3.05) is 0 Å². The molecular formula is C12H11ClF2N2. The minimum absolute atomic E-state index is 0.187. The van der Waals surface area contributed by atoms with E-state index in [0.29, 0.717) is 5.52 Å². The molecule has 5 heteroatoms. The zero-order valence-corrected chi connectivity index (χ0v) is 9.88. The number of hydrogen-bond donors (Lipinski definition) is 1. The van der Waals surface area contributed by atoms with E-state index in [0.717, 1.165) is 5.39 Å². The number of nitrogens with two attached hydrogens (primary N) is 1. The topological polar surface area (TPSA) is 38.9 Å². The fourth-order valence-corrected chi connectivity index (χ4v) is 2.10. The van der Waals surface area contributed by atoms with Crippen LogP contribution in [0, 0.1) is 0 Å². The molecular weight excluding hydrogens is 246 g/mol. The Bertz CT molecular complexity index is 555. The van der Waals surface area contributed by atoms with Crippen LogP contribution in [0.1, 0.15) is 12.5 Å². The second-order valence-corrected chi connectivity index (χ2v) is 4.49. The fourth-order valence-electron chi connectivity index (χ4n) is 1.74. The van der Waals surface area contributed by atoms with Crippen LogP contribution in [0.3, 0.4) is 0 Å². The van der Waals surface area contributed by atoms with Gasteiger partial charge in [0.05, 0.1) is 5.52 Å². The van der Waals surface area contributed by atoms with E-state index in [1.54, 1.807) is 24.3 Å².